The van der Waals surface area contributed by atoms with Crippen LogP contribution in [0.4, 0.5) is 0 Å². The topological polar surface area (TPSA) is 46.2 Å². The minimum Gasteiger partial charge on any atom is -0.391 e. The van der Waals surface area contributed by atoms with Crippen molar-refractivity contribution in [2.24, 2.45) is 5.73 Å². The van der Waals surface area contributed by atoms with Gasteiger partial charge in [-0.15, -0.1) is 0 Å². The zero-order valence-electron chi connectivity index (χ0n) is 7.20. The molecule has 70 valence electrons. The molecule has 13 heavy (non-hydrogen) atoms. The van der Waals surface area contributed by atoms with Crippen LogP contribution < -0.4 is 5.73 Å². The Morgan fingerprint density at radius 1 is 1.46 bits per heavy atom. The van der Waals surface area contributed by atoms with Gasteiger partial charge in [-0.25, -0.2) is 0 Å². The molecule has 0 radical (unpaired) electrons. The summed E-state index contributed by atoms with van der Waals surface area (Å²) in [7, 11) is 0. The highest BCUT2D eigenvalue weighted by atomic mass is 79.9. The van der Waals surface area contributed by atoms with Crippen molar-refractivity contribution in [1.29, 1.82) is 0 Å². The number of hydrogen-bond donors (Lipinski definition) is 2. The fourth-order valence-electron chi connectivity index (χ4n) is 1.85. The molecule has 3 heteroatoms. The van der Waals surface area contributed by atoms with E-state index in [0.29, 0.717) is 0 Å². The van der Waals surface area contributed by atoms with Gasteiger partial charge in [-0.05, 0) is 30.0 Å². The summed E-state index contributed by atoms with van der Waals surface area (Å²) in [5.41, 5.74) is 8.24. The van der Waals surface area contributed by atoms with Crippen molar-refractivity contribution >= 4 is 15.9 Å². The number of aliphatic hydroxyl groups excluding tert-OH is 1. The molecule has 0 heterocycles. The number of aryl methyl sites for hydroxylation is 1. The van der Waals surface area contributed by atoms with Gasteiger partial charge in [-0.2, -0.15) is 0 Å². The van der Waals surface area contributed by atoms with E-state index in [1.807, 2.05) is 12.1 Å². The van der Waals surface area contributed by atoms with Crippen LogP contribution in [0, 0.1) is 0 Å². The SMILES string of the molecule is N[C@H]1c2c(Br)cccc2CC[C@@H]1O. The number of benzene rings is 1. The molecular formula is C10H12BrNO. The summed E-state index contributed by atoms with van der Waals surface area (Å²) >= 11 is 3.46. The zero-order chi connectivity index (χ0) is 9.42. The third-order valence-corrected chi connectivity index (χ3v) is 3.29. The van der Waals surface area contributed by atoms with E-state index in [4.69, 9.17) is 5.73 Å². The lowest BCUT2D eigenvalue weighted by molar-refractivity contribution is 0.127. The second kappa shape index (κ2) is 3.40. The first-order chi connectivity index (χ1) is 6.20. The highest BCUT2D eigenvalue weighted by Gasteiger charge is 2.26. The Balaban J connectivity index is 2.51. The van der Waals surface area contributed by atoms with Gasteiger partial charge >= 0.3 is 0 Å². The van der Waals surface area contributed by atoms with E-state index in [0.717, 1.165) is 22.9 Å². The van der Waals surface area contributed by atoms with Crippen LogP contribution in [0.2, 0.25) is 0 Å². The number of nitrogens with two attached hydrogens (primary N) is 1. The molecule has 0 fully saturated rings. The van der Waals surface area contributed by atoms with Gasteiger partial charge in [-0.1, -0.05) is 28.1 Å². The summed E-state index contributed by atoms with van der Waals surface area (Å²) < 4.78 is 1.01. The Morgan fingerprint density at radius 2 is 2.23 bits per heavy atom. The third-order valence-electron chi connectivity index (χ3n) is 2.60. The lowest BCUT2D eigenvalue weighted by Crippen LogP contribution is -2.31. The summed E-state index contributed by atoms with van der Waals surface area (Å²) in [6, 6.07) is 5.81. The van der Waals surface area contributed by atoms with Crippen LogP contribution in [-0.2, 0) is 6.42 Å². The molecule has 1 aliphatic rings. The van der Waals surface area contributed by atoms with Crippen LogP contribution in [-0.4, -0.2) is 11.2 Å². The molecule has 0 bridgehead atoms. The van der Waals surface area contributed by atoms with Gasteiger partial charge in [0.25, 0.3) is 0 Å². The average Bonchev–Trinajstić information content (AvgIpc) is 2.12. The maximum absolute atomic E-state index is 9.60. The summed E-state index contributed by atoms with van der Waals surface area (Å²) in [5, 5.41) is 9.60. The molecule has 0 saturated carbocycles. The van der Waals surface area contributed by atoms with Crippen molar-refractivity contribution in [3.8, 4) is 0 Å². The van der Waals surface area contributed by atoms with Crippen LogP contribution in [0.3, 0.4) is 0 Å². The average molecular weight is 242 g/mol. The molecule has 2 nitrogen and oxygen atoms in total. The first kappa shape index (κ1) is 9.19. The molecule has 0 unspecified atom stereocenters. The Hall–Kier alpha value is -0.380. The minimum atomic E-state index is -0.397. The lowest BCUT2D eigenvalue weighted by atomic mass is 9.86. The normalized spacial score (nSPS) is 27.0. The Labute approximate surface area is 85.9 Å². The van der Waals surface area contributed by atoms with Gasteiger partial charge in [0, 0.05) is 4.47 Å². The molecule has 1 aromatic rings. The second-order valence-corrected chi connectivity index (χ2v) is 4.30. The van der Waals surface area contributed by atoms with Crippen LogP contribution in [0.25, 0.3) is 0 Å². The molecule has 0 aromatic heterocycles. The first-order valence-electron chi connectivity index (χ1n) is 4.41. The highest BCUT2D eigenvalue weighted by Crippen LogP contribution is 2.33. The predicted octanol–water partition coefficient (Wildman–Crippen LogP) is 1.76. The third kappa shape index (κ3) is 1.52. The fourth-order valence-corrected chi connectivity index (χ4v) is 2.52. The molecule has 0 spiro atoms. The maximum Gasteiger partial charge on any atom is 0.0736 e. The van der Waals surface area contributed by atoms with Crippen LogP contribution in [0.1, 0.15) is 23.6 Å². The fraction of sp³-hybridized carbons (Fsp3) is 0.400. The zero-order valence-corrected chi connectivity index (χ0v) is 8.79. The van der Waals surface area contributed by atoms with Crippen LogP contribution in [0.5, 0.6) is 0 Å². The van der Waals surface area contributed by atoms with Crippen molar-refractivity contribution in [1.82, 2.24) is 0 Å². The summed E-state index contributed by atoms with van der Waals surface area (Å²) in [5.74, 6) is 0. The van der Waals surface area contributed by atoms with E-state index in [1.54, 1.807) is 0 Å². The molecule has 1 aromatic carbocycles. The lowest BCUT2D eigenvalue weighted by Gasteiger charge is -2.28. The van der Waals surface area contributed by atoms with E-state index >= 15 is 0 Å². The van der Waals surface area contributed by atoms with Crippen molar-refractivity contribution in [2.45, 2.75) is 25.0 Å². The molecule has 0 amide bonds. The van der Waals surface area contributed by atoms with Gasteiger partial charge in [0.2, 0.25) is 0 Å². The van der Waals surface area contributed by atoms with Gasteiger partial charge in [-0.3, -0.25) is 0 Å². The highest BCUT2D eigenvalue weighted by molar-refractivity contribution is 9.10. The van der Waals surface area contributed by atoms with Gasteiger partial charge in [0.15, 0.2) is 0 Å². The molecule has 0 saturated heterocycles. The largest absolute Gasteiger partial charge is 0.391 e. The standard InChI is InChI=1S/C10H12BrNO/c11-7-3-1-2-6-4-5-8(13)10(12)9(6)7/h1-3,8,10,13H,4-5,12H2/t8-,10+/m0/s1. The van der Waals surface area contributed by atoms with Crippen molar-refractivity contribution in [2.75, 3.05) is 0 Å². The van der Waals surface area contributed by atoms with Gasteiger partial charge in [0.1, 0.15) is 0 Å². The van der Waals surface area contributed by atoms with Crippen LogP contribution in [0.15, 0.2) is 22.7 Å². The summed E-state index contributed by atoms with van der Waals surface area (Å²) in [4.78, 5) is 0. The molecule has 0 aliphatic heterocycles. The van der Waals surface area contributed by atoms with Gasteiger partial charge < -0.3 is 10.8 Å². The van der Waals surface area contributed by atoms with Gasteiger partial charge in [0.05, 0.1) is 12.1 Å². The first-order valence-corrected chi connectivity index (χ1v) is 5.20. The number of rotatable bonds is 0. The number of aliphatic hydroxyl groups is 1. The Morgan fingerprint density at radius 3 is 3.00 bits per heavy atom. The number of halogens is 1. The van der Waals surface area contributed by atoms with Crippen molar-refractivity contribution in [3.63, 3.8) is 0 Å². The Kier molecular flexibility index (Phi) is 2.41. The van der Waals surface area contributed by atoms with Crippen LogP contribution >= 0.6 is 15.9 Å². The maximum atomic E-state index is 9.60. The van der Waals surface area contributed by atoms with E-state index in [2.05, 4.69) is 22.0 Å². The van der Waals surface area contributed by atoms with Crippen molar-refractivity contribution < 1.29 is 5.11 Å². The summed E-state index contributed by atoms with van der Waals surface area (Å²) in [6.07, 6.45) is 1.29. The van der Waals surface area contributed by atoms with E-state index in [9.17, 15) is 5.11 Å². The molecular weight excluding hydrogens is 230 g/mol. The summed E-state index contributed by atoms with van der Waals surface area (Å²) in [6.45, 7) is 0. The Bertz CT molecular complexity index is 327. The second-order valence-electron chi connectivity index (χ2n) is 3.44. The predicted molar refractivity (Wildman–Crippen MR) is 55.4 cm³/mol. The number of fused-ring (bicyclic) bond motifs is 1. The molecule has 2 rings (SSSR count). The molecule has 3 N–H and O–H groups in total. The van der Waals surface area contributed by atoms with E-state index in [-0.39, 0.29) is 6.04 Å². The number of hydrogen-bond acceptors (Lipinski definition) is 2. The quantitative estimate of drug-likeness (QED) is 0.728. The minimum absolute atomic E-state index is 0.237. The van der Waals surface area contributed by atoms with E-state index < -0.39 is 6.10 Å². The molecule has 2 atom stereocenters. The van der Waals surface area contributed by atoms with E-state index in [1.165, 1.54) is 5.56 Å². The van der Waals surface area contributed by atoms with Crippen molar-refractivity contribution in [3.05, 3.63) is 33.8 Å². The smallest absolute Gasteiger partial charge is 0.0736 e. The molecule has 1 aliphatic carbocycles. The monoisotopic (exact) mass is 241 g/mol.